The number of likely N-dealkylation sites (N-methyl/N-ethyl adjacent to an activating group) is 1. The minimum absolute atomic E-state index is 0.0594. The summed E-state index contributed by atoms with van der Waals surface area (Å²) in [5.41, 5.74) is 2.86. The molecule has 7 rings (SSSR count). The highest BCUT2D eigenvalue weighted by Crippen LogP contribution is 2.61. The molecule has 3 aromatic heterocycles. The summed E-state index contributed by atoms with van der Waals surface area (Å²) in [6.45, 7) is 3.78. The number of benzene rings is 1. The number of ketones is 1. The van der Waals surface area contributed by atoms with E-state index in [9.17, 15) is 19.2 Å². The number of allylic oxidation sites excluding steroid dienone is 1. The lowest BCUT2D eigenvalue weighted by Gasteiger charge is -2.27. The van der Waals surface area contributed by atoms with Crippen molar-refractivity contribution in [2.75, 3.05) is 18.9 Å². The average molecular weight is 726 g/mol. The number of halogens is 1. The zero-order valence-electron chi connectivity index (χ0n) is 27.6. The molecule has 0 radical (unpaired) electrons. The smallest absolute Gasteiger partial charge is 0.248 e. The summed E-state index contributed by atoms with van der Waals surface area (Å²) < 4.78 is 2.08. The van der Waals surface area contributed by atoms with Gasteiger partial charge < -0.3 is 15.1 Å². The van der Waals surface area contributed by atoms with Gasteiger partial charge in [0, 0.05) is 60.9 Å². The van der Waals surface area contributed by atoms with Crippen molar-refractivity contribution in [1.82, 2.24) is 34.5 Å². The molecule has 1 aliphatic carbocycles. The molecule has 3 atom stereocenters. The summed E-state index contributed by atoms with van der Waals surface area (Å²) >= 11 is 3.40. The molecular weight excluding hydrogens is 688 g/mol. The van der Waals surface area contributed by atoms with Gasteiger partial charge in [-0.2, -0.15) is 5.10 Å². The number of pyridine rings is 1. The molecule has 1 aromatic carbocycles. The zero-order valence-corrected chi connectivity index (χ0v) is 29.2. The third-order valence-corrected chi connectivity index (χ3v) is 10.4. The van der Waals surface area contributed by atoms with Gasteiger partial charge >= 0.3 is 0 Å². The van der Waals surface area contributed by atoms with Gasteiger partial charge in [-0.1, -0.05) is 24.3 Å². The van der Waals surface area contributed by atoms with Crippen LogP contribution in [-0.4, -0.2) is 83.7 Å². The van der Waals surface area contributed by atoms with Crippen molar-refractivity contribution in [3.8, 4) is 11.1 Å². The SMILES string of the molecule is CC(=O)c1nn(CC(=O)N2C3C[C@@]34C=CCCCCN(C)C(=O)Cc3ccc(Br)nc3NC(=O)[C@@H]2C4)c2ccc(-c3cnc(C)nc3)cc12. The van der Waals surface area contributed by atoms with Crippen molar-refractivity contribution in [1.29, 1.82) is 0 Å². The number of hydrogen-bond acceptors (Lipinski definition) is 8. The first-order valence-corrected chi connectivity index (χ1v) is 17.3. The van der Waals surface area contributed by atoms with Gasteiger partial charge in [0.05, 0.1) is 11.9 Å². The summed E-state index contributed by atoms with van der Waals surface area (Å²) in [6, 6.07) is 8.27. The molecule has 49 heavy (non-hydrogen) atoms. The first kappa shape index (κ1) is 32.8. The number of fused-ring (bicyclic) bond motifs is 3. The molecule has 1 saturated carbocycles. The number of aromatic nitrogens is 5. The van der Waals surface area contributed by atoms with Crippen molar-refractivity contribution in [2.24, 2.45) is 5.41 Å². The molecule has 13 heteroatoms. The minimum Gasteiger partial charge on any atom is -0.345 e. The summed E-state index contributed by atoms with van der Waals surface area (Å²) in [6.07, 6.45) is 11.8. The van der Waals surface area contributed by atoms with E-state index in [1.165, 1.54) is 6.92 Å². The zero-order chi connectivity index (χ0) is 34.4. The van der Waals surface area contributed by atoms with E-state index >= 15 is 0 Å². The standard InChI is InChI=1S/C36H37BrN8O4/c1-21(46)33-26-14-23(25-18-38-22(2)39-19-25)8-10-27(26)44(42-33)20-32(48)45-28-16-36(17-29(36)45)12-6-4-5-7-13-43(3)31(47)15-24-9-11-30(37)40-34(24)41-35(28)49/h6,8-12,14,18-19,28-29H,4-5,7,13,15-17,20H2,1-3H3,(H,40,41,49)/t28-,29?,36-/m0/s1. The van der Waals surface area contributed by atoms with Crippen LogP contribution in [0.2, 0.25) is 0 Å². The largest absolute Gasteiger partial charge is 0.345 e. The normalized spacial score (nSPS) is 22.5. The quantitative estimate of drug-likeness (QED) is 0.178. The number of Topliss-reactive ketones (excluding diaryl/α,β-unsaturated/α-hetero) is 1. The highest BCUT2D eigenvalue weighted by Gasteiger charge is 2.65. The van der Waals surface area contributed by atoms with Crippen LogP contribution in [0.5, 0.6) is 0 Å². The highest BCUT2D eigenvalue weighted by molar-refractivity contribution is 9.10. The third kappa shape index (κ3) is 6.39. The van der Waals surface area contributed by atoms with Crippen molar-refractivity contribution in [3.63, 3.8) is 0 Å². The van der Waals surface area contributed by atoms with Crippen molar-refractivity contribution < 1.29 is 19.2 Å². The van der Waals surface area contributed by atoms with E-state index < -0.39 is 6.04 Å². The Balaban J connectivity index is 1.21. The number of aryl methyl sites for hydroxylation is 1. The Morgan fingerprint density at radius 3 is 2.63 bits per heavy atom. The predicted molar refractivity (Wildman–Crippen MR) is 186 cm³/mol. The van der Waals surface area contributed by atoms with E-state index in [2.05, 4.69) is 53.4 Å². The van der Waals surface area contributed by atoms with Crippen LogP contribution in [-0.2, 0) is 27.3 Å². The Labute approximate surface area is 292 Å². The Kier molecular flexibility index (Phi) is 8.64. The third-order valence-electron chi connectivity index (χ3n) is 9.91. The Hall–Kier alpha value is -4.78. The molecule has 252 valence electrons. The molecular formula is C36H37BrN8O4. The second-order valence-corrected chi connectivity index (χ2v) is 14.1. The number of nitrogens with zero attached hydrogens (tertiary/aromatic N) is 7. The summed E-state index contributed by atoms with van der Waals surface area (Å²) in [4.78, 5) is 70.6. The Bertz CT molecular complexity index is 2030. The summed E-state index contributed by atoms with van der Waals surface area (Å²) in [7, 11) is 1.80. The van der Waals surface area contributed by atoms with Crippen LogP contribution in [0, 0.1) is 12.3 Å². The van der Waals surface area contributed by atoms with Gasteiger partial charge in [0.1, 0.15) is 34.5 Å². The molecule has 12 nitrogen and oxygen atoms in total. The Morgan fingerprint density at radius 1 is 1.06 bits per heavy atom. The fourth-order valence-corrected chi connectivity index (χ4v) is 7.45. The van der Waals surface area contributed by atoms with Crippen molar-refractivity contribution in [3.05, 3.63) is 76.6 Å². The number of rotatable bonds is 4. The van der Waals surface area contributed by atoms with E-state index in [1.807, 2.05) is 25.1 Å². The van der Waals surface area contributed by atoms with E-state index in [1.54, 1.807) is 46.1 Å². The van der Waals surface area contributed by atoms with Gasteiger partial charge in [-0.25, -0.2) is 15.0 Å². The van der Waals surface area contributed by atoms with Crippen molar-refractivity contribution >= 4 is 56.2 Å². The van der Waals surface area contributed by atoms with Crippen LogP contribution in [0.3, 0.4) is 0 Å². The number of hydrogen-bond donors (Lipinski definition) is 1. The van der Waals surface area contributed by atoms with Crippen LogP contribution in [0.15, 0.2) is 59.5 Å². The predicted octanol–water partition coefficient (Wildman–Crippen LogP) is 4.90. The first-order valence-electron chi connectivity index (χ1n) is 16.5. The molecule has 2 bridgehead atoms. The maximum absolute atomic E-state index is 14.3. The van der Waals surface area contributed by atoms with E-state index in [0.29, 0.717) is 45.7 Å². The number of piperidine rings is 1. The van der Waals surface area contributed by atoms with Gasteiger partial charge in [0.25, 0.3) is 0 Å². The van der Waals surface area contributed by atoms with Gasteiger partial charge in [0.15, 0.2) is 5.78 Å². The number of amides is 3. The molecule has 5 heterocycles. The molecule has 1 unspecified atom stereocenters. The lowest BCUT2D eigenvalue weighted by molar-refractivity contribution is -0.138. The van der Waals surface area contributed by atoms with Gasteiger partial charge in [-0.15, -0.1) is 0 Å². The highest BCUT2D eigenvalue weighted by atomic mass is 79.9. The second-order valence-electron chi connectivity index (χ2n) is 13.3. The fraction of sp³-hybridized carbons (Fsp3) is 0.389. The van der Waals surface area contributed by atoms with Crippen molar-refractivity contribution in [2.45, 2.75) is 71.0 Å². The van der Waals surface area contributed by atoms with Crippen LogP contribution >= 0.6 is 15.9 Å². The van der Waals surface area contributed by atoms with Gasteiger partial charge in [-0.05, 0) is 78.7 Å². The van der Waals surface area contributed by atoms with Crippen LogP contribution in [0.1, 0.15) is 60.9 Å². The van der Waals surface area contributed by atoms with E-state index in [0.717, 1.165) is 36.8 Å². The van der Waals surface area contributed by atoms with Crippen LogP contribution in [0.4, 0.5) is 5.82 Å². The molecule has 3 aliphatic rings. The molecule has 1 N–H and O–H groups in total. The number of carbonyl (C=O) groups excluding carboxylic acids is 4. The van der Waals surface area contributed by atoms with E-state index in [-0.39, 0.29) is 53.6 Å². The maximum atomic E-state index is 14.3. The Morgan fingerprint density at radius 2 is 1.86 bits per heavy atom. The van der Waals surface area contributed by atoms with E-state index in [4.69, 9.17) is 0 Å². The summed E-state index contributed by atoms with van der Waals surface area (Å²) in [5, 5.41) is 8.19. The van der Waals surface area contributed by atoms with Gasteiger partial charge in [0.2, 0.25) is 17.7 Å². The van der Waals surface area contributed by atoms with Crippen LogP contribution < -0.4 is 5.32 Å². The molecule has 1 saturated heterocycles. The number of anilines is 1. The number of nitrogens with one attached hydrogen (secondary N) is 1. The number of carbonyl (C=O) groups is 4. The minimum atomic E-state index is -0.752. The molecule has 2 fully saturated rings. The number of likely N-dealkylation sites (tertiary alicyclic amines) is 1. The second kappa shape index (κ2) is 12.9. The lowest BCUT2D eigenvalue weighted by atomic mass is 9.97. The maximum Gasteiger partial charge on any atom is 0.248 e. The fourth-order valence-electron chi connectivity index (χ4n) is 7.14. The molecule has 2 aliphatic heterocycles. The average Bonchev–Trinajstić information content (AvgIpc) is 3.49. The first-order chi connectivity index (χ1) is 23.5. The molecule has 3 amide bonds. The summed E-state index contributed by atoms with van der Waals surface area (Å²) in [5.74, 6) is 0.0636. The monoisotopic (exact) mass is 724 g/mol. The lowest BCUT2D eigenvalue weighted by Crippen LogP contribution is -2.47. The topological polar surface area (TPSA) is 143 Å². The molecule has 1 spiro atoms. The van der Waals surface area contributed by atoms with Crippen LogP contribution in [0.25, 0.3) is 22.0 Å². The van der Waals surface area contributed by atoms with Gasteiger partial charge in [-0.3, -0.25) is 23.9 Å². The molecule has 4 aromatic rings.